The number of rotatable bonds is 6. The molecule has 0 amide bonds. The zero-order valence-corrected chi connectivity index (χ0v) is 22.3. The maximum absolute atomic E-state index is 12.4. The van der Waals surface area contributed by atoms with Crippen LogP contribution in [0.15, 0.2) is 58.6 Å². The van der Waals surface area contributed by atoms with Crippen molar-refractivity contribution in [3.63, 3.8) is 0 Å². The zero-order valence-electron chi connectivity index (χ0n) is 22.3. The largest absolute Gasteiger partial charge is 0.369 e. The fourth-order valence-corrected chi connectivity index (χ4v) is 4.09. The molecule has 9 heteroatoms. The van der Waals surface area contributed by atoms with Gasteiger partial charge in [-0.3, -0.25) is 14.5 Å². The first-order chi connectivity index (χ1) is 17.3. The van der Waals surface area contributed by atoms with Crippen molar-refractivity contribution in [1.29, 1.82) is 0 Å². The molecule has 1 aromatic carbocycles. The summed E-state index contributed by atoms with van der Waals surface area (Å²) in [5, 5.41) is 3.77. The summed E-state index contributed by atoms with van der Waals surface area (Å²) in [4.78, 5) is 30.1. The van der Waals surface area contributed by atoms with E-state index in [1.807, 2.05) is 33.9 Å². The standard InChI is InChI=1S/C21H27N7O.C6H11N/c1-5-8-28-20(29)17-14-22-21(24-19(17)26(28)4)23-16-6-7-18(15(2)13-16)27-11-9-25(3)10-12-27;1-4-6(3)7-5-2/h5-7,13-14H,1,8-12H2,2-4H3,(H,22,23,24);4-5H,1-3H3/b;6-4-,7-5?. The maximum Gasteiger partial charge on any atom is 0.278 e. The summed E-state index contributed by atoms with van der Waals surface area (Å²) in [5.41, 5.74) is 4.97. The number of aromatic nitrogens is 4. The van der Waals surface area contributed by atoms with Crippen molar-refractivity contribution in [1.82, 2.24) is 24.2 Å². The quantitative estimate of drug-likeness (QED) is 0.413. The topological polar surface area (TPSA) is 83.6 Å². The Hall–Kier alpha value is -3.72. The van der Waals surface area contributed by atoms with Crippen LogP contribution >= 0.6 is 0 Å². The highest BCUT2D eigenvalue weighted by atomic mass is 16.1. The monoisotopic (exact) mass is 490 g/mol. The fourth-order valence-electron chi connectivity index (χ4n) is 4.09. The third kappa shape index (κ3) is 6.28. The molecule has 1 aliphatic rings. The number of hydrogen-bond acceptors (Lipinski definition) is 7. The molecule has 0 unspecified atom stereocenters. The van der Waals surface area contributed by atoms with Crippen molar-refractivity contribution in [3.05, 3.63) is 64.7 Å². The van der Waals surface area contributed by atoms with Crippen molar-refractivity contribution in [2.45, 2.75) is 34.2 Å². The molecule has 2 aromatic heterocycles. The molecule has 0 aliphatic carbocycles. The number of allylic oxidation sites excluding steroid dienone is 3. The molecule has 3 aromatic rings. The predicted octanol–water partition coefficient (Wildman–Crippen LogP) is 4.12. The SMILES string of the molecule is C=CCn1c(=O)c2cnc(Nc3ccc(N4CCN(C)CC4)c(C)c3)nc2n1C.CC=N/C(C)=C\C. The van der Waals surface area contributed by atoms with Crippen LogP contribution in [0.3, 0.4) is 0 Å². The molecule has 0 radical (unpaired) electrons. The number of anilines is 3. The number of fused-ring (bicyclic) bond motifs is 1. The van der Waals surface area contributed by atoms with E-state index >= 15 is 0 Å². The van der Waals surface area contributed by atoms with Crippen LogP contribution in [-0.4, -0.2) is 63.7 Å². The van der Waals surface area contributed by atoms with Gasteiger partial charge in [0.05, 0.1) is 6.54 Å². The van der Waals surface area contributed by atoms with Crippen LogP contribution in [0.5, 0.6) is 0 Å². The lowest BCUT2D eigenvalue weighted by atomic mass is 10.1. The lowest BCUT2D eigenvalue weighted by molar-refractivity contribution is 0.312. The maximum atomic E-state index is 12.4. The lowest BCUT2D eigenvalue weighted by Crippen LogP contribution is -2.44. The van der Waals surface area contributed by atoms with Crippen molar-refractivity contribution >= 4 is 34.6 Å². The third-order valence-electron chi connectivity index (χ3n) is 6.25. The number of likely N-dealkylation sites (N-methyl/N-ethyl adjacent to an activating group) is 1. The van der Waals surface area contributed by atoms with Gasteiger partial charge in [-0.05, 0) is 58.5 Å². The van der Waals surface area contributed by atoms with E-state index in [9.17, 15) is 4.79 Å². The van der Waals surface area contributed by atoms with Gasteiger partial charge in [-0.1, -0.05) is 12.2 Å². The van der Waals surface area contributed by atoms with Crippen molar-refractivity contribution in [2.75, 3.05) is 43.4 Å². The molecule has 192 valence electrons. The third-order valence-corrected chi connectivity index (χ3v) is 6.25. The second kappa shape index (κ2) is 12.3. The first kappa shape index (κ1) is 26.9. The Morgan fingerprint density at radius 2 is 1.92 bits per heavy atom. The van der Waals surface area contributed by atoms with Crippen LogP contribution < -0.4 is 15.8 Å². The average molecular weight is 491 g/mol. The number of hydrogen-bond donors (Lipinski definition) is 1. The van der Waals surface area contributed by atoms with Crippen LogP contribution in [0, 0.1) is 6.92 Å². The van der Waals surface area contributed by atoms with Crippen LogP contribution in [-0.2, 0) is 13.6 Å². The summed E-state index contributed by atoms with van der Waals surface area (Å²) in [6, 6.07) is 6.32. The van der Waals surface area contributed by atoms with Gasteiger partial charge in [0.1, 0.15) is 5.39 Å². The molecule has 0 saturated carbocycles. The molecule has 1 N–H and O–H groups in total. The van der Waals surface area contributed by atoms with Crippen molar-refractivity contribution in [3.8, 4) is 0 Å². The number of aliphatic imine (C=N–C) groups is 1. The molecule has 0 spiro atoms. The van der Waals surface area contributed by atoms with Gasteiger partial charge in [0.2, 0.25) is 5.95 Å². The first-order valence-corrected chi connectivity index (χ1v) is 12.2. The first-order valence-electron chi connectivity index (χ1n) is 12.2. The molecule has 1 fully saturated rings. The minimum Gasteiger partial charge on any atom is -0.369 e. The Balaban J connectivity index is 0.000000454. The number of piperazine rings is 1. The van der Waals surface area contributed by atoms with E-state index in [4.69, 9.17) is 0 Å². The Labute approximate surface area is 213 Å². The zero-order chi connectivity index (χ0) is 26.2. The Morgan fingerprint density at radius 1 is 1.19 bits per heavy atom. The second-order valence-corrected chi connectivity index (χ2v) is 8.86. The Kier molecular flexibility index (Phi) is 9.19. The van der Waals surface area contributed by atoms with Crippen LogP contribution in [0.2, 0.25) is 0 Å². The van der Waals surface area contributed by atoms with Gasteiger partial charge >= 0.3 is 0 Å². The van der Waals surface area contributed by atoms with Gasteiger partial charge in [-0.15, -0.1) is 6.58 Å². The van der Waals surface area contributed by atoms with Gasteiger partial charge < -0.3 is 15.1 Å². The molecular formula is C27H38N8O. The average Bonchev–Trinajstić information content (AvgIpc) is 3.10. The van der Waals surface area contributed by atoms with E-state index < -0.39 is 0 Å². The van der Waals surface area contributed by atoms with E-state index in [-0.39, 0.29) is 5.56 Å². The van der Waals surface area contributed by atoms with Gasteiger partial charge in [0.25, 0.3) is 5.56 Å². The minimum atomic E-state index is -0.110. The van der Waals surface area contributed by atoms with E-state index in [0.717, 1.165) is 37.6 Å². The summed E-state index contributed by atoms with van der Waals surface area (Å²) >= 11 is 0. The smallest absolute Gasteiger partial charge is 0.278 e. The molecule has 1 saturated heterocycles. The molecule has 36 heavy (non-hydrogen) atoms. The lowest BCUT2D eigenvalue weighted by Gasteiger charge is -2.35. The Bertz CT molecular complexity index is 1310. The highest BCUT2D eigenvalue weighted by molar-refractivity contribution is 5.75. The predicted molar refractivity (Wildman–Crippen MR) is 151 cm³/mol. The van der Waals surface area contributed by atoms with Gasteiger partial charge in [-0.2, -0.15) is 4.98 Å². The minimum absolute atomic E-state index is 0.110. The second-order valence-electron chi connectivity index (χ2n) is 8.86. The van der Waals surface area contributed by atoms with E-state index in [1.54, 1.807) is 27.9 Å². The van der Waals surface area contributed by atoms with Crippen molar-refractivity contribution in [2.24, 2.45) is 12.0 Å². The van der Waals surface area contributed by atoms with Crippen LogP contribution in [0.25, 0.3) is 11.0 Å². The van der Waals surface area contributed by atoms with Crippen LogP contribution in [0.4, 0.5) is 17.3 Å². The number of aryl methyl sites for hydroxylation is 2. The molecular weight excluding hydrogens is 452 g/mol. The van der Waals surface area contributed by atoms with E-state index in [1.165, 1.54) is 11.3 Å². The summed E-state index contributed by atoms with van der Waals surface area (Å²) in [6.07, 6.45) is 7.03. The van der Waals surface area contributed by atoms with Gasteiger partial charge in [0.15, 0.2) is 5.65 Å². The summed E-state index contributed by atoms with van der Waals surface area (Å²) in [6.45, 7) is 16.4. The highest BCUT2D eigenvalue weighted by Gasteiger charge is 2.16. The number of benzene rings is 1. The molecule has 0 bridgehead atoms. The Morgan fingerprint density at radius 3 is 2.50 bits per heavy atom. The van der Waals surface area contributed by atoms with E-state index in [0.29, 0.717) is 23.5 Å². The van der Waals surface area contributed by atoms with Gasteiger partial charge in [0, 0.05) is 62.7 Å². The van der Waals surface area contributed by atoms with Crippen LogP contribution in [0.1, 0.15) is 26.3 Å². The molecule has 9 nitrogen and oxygen atoms in total. The molecule has 4 rings (SSSR count). The number of nitrogens with one attached hydrogen (secondary N) is 1. The molecule has 0 atom stereocenters. The highest BCUT2D eigenvalue weighted by Crippen LogP contribution is 2.26. The summed E-state index contributed by atoms with van der Waals surface area (Å²) in [5.74, 6) is 0.468. The fraction of sp³-hybridized carbons (Fsp3) is 0.407. The number of nitrogens with zero attached hydrogens (tertiary/aromatic N) is 7. The molecule has 1 aliphatic heterocycles. The van der Waals surface area contributed by atoms with Gasteiger partial charge in [-0.25, -0.2) is 9.67 Å². The normalized spacial score (nSPS) is 14.7. The van der Waals surface area contributed by atoms with Crippen molar-refractivity contribution < 1.29 is 0 Å². The summed E-state index contributed by atoms with van der Waals surface area (Å²) in [7, 11) is 3.98. The molecule has 3 heterocycles. The summed E-state index contributed by atoms with van der Waals surface area (Å²) < 4.78 is 3.33. The van der Waals surface area contributed by atoms with E-state index in [2.05, 4.69) is 68.8 Å².